The Morgan fingerprint density at radius 1 is 1.00 bits per heavy atom. The number of carboxylic acids is 1. The van der Waals surface area contributed by atoms with Crippen LogP contribution in [0, 0.1) is 0 Å². The van der Waals surface area contributed by atoms with Crippen molar-refractivity contribution in [1.82, 2.24) is 0 Å². The minimum Gasteiger partial charge on any atom is -0.479 e. The predicted molar refractivity (Wildman–Crippen MR) is 142 cm³/mol. The van der Waals surface area contributed by atoms with E-state index in [2.05, 4.69) is 5.16 Å². The van der Waals surface area contributed by atoms with Crippen molar-refractivity contribution in [3.05, 3.63) is 101 Å². The van der Waals surface area contributed by atoms with E-state index in [-0.39, 0.29) is 24.1 Å². The first kappa shape index (κ1) is 25.9. The normalized spacial score (nSPS) is 16.1. The van der Waals surface area contributed by atoms with Crippen LogP contribution in [0.4, 0.5) is 0 Å². The monoisotopic (exact) mass is 500 g/mol. The van der Waals surface area contributed by atoms with Gasteiger partial charge >= 0.3 is 11.9 Å². The topological polar surface area (TPSA) is 111 Å². The summed E-state index contributed by atoms with van der Waals surface area (Å²) >= 11 is 0. The van der Waals surface area contributed by atoms with Gasteiger partial charge in [0.25, 0.3) is 0 Å². The standard InChI is InChI=1S/C30H32N2O5/c1-20(30(34)35)36-26-17-9-15-24-21(14-8-16-25(24)26)18-19-27(33)37-32-29(31)28(22-10-4-2-5-11-22)23-12-6-3-7-13-23/h2-7,9-13,15,17,20-21,28H,8,14,16,18-19H2,1H3,(H2,31,32)(H,34,35). The van der Waals surface area contributed by atoms with E-state index in [1.807, 2.05) is 78.9 Å². The van der Waals surface area contributed by atoms with Gasteiger partial charge in [-0.2, -0.15) is 0 Å². The van der Waals surface area contributed by atoms with E-state index in [4.69, 9.17) is 15.3 Å². The summed E-state index contributed by atoms with van der Waals surface area (Å²) in [5, 5.41) is 13.2. The Morgan fingerprint density at radius 2 is 1.65 bits per heavy atom. The lowest BCUT2D eigenvalue weighted by Crippen LogP contribution is -2.24. The first-order valence-electron chi connectivity index (χ1n) is 12.6. The van der Waals surface area contributed by atoms with Gasteiger partial charge in [-0.25, -0.2) is 9.59 Å². The number of rotatable bonds is 10. The number of carbonyl (C=O) groups is 2. The zero-order valence-electron chi connectivity index (χ0n) is 20.9. The molecule has 0 radical (unpaired) electrons. The fourth-order valence-electron chi connectivity index (χ4n) is 4.88. The third-order valence-electron chi connectivity index (χ3n) is 6.75. The summed E-state index contributed by atoms with van der Waals surface area (Å²) in [4.78, 5) is 29.1. The summed E-state index contributed by atoms with van der Waals surface area (Å²) in [6, 6.07) is 25.2. The van der Waals surface area contributed by atoms with Crippen molar-refractivity contribution in [2.75, 3.05) is 0 Å². The molecule has 1 aliphatic carbocycles. The van der Waals surface area contributed by atoms with Crippen molar-refractivity contribution in [2.24, 2.45) is 10.9 Å². The molecule has 192 valence electrons. The van der Waals surface area contributed by atoms with E-state index in [0.29, 0.717) is 12.2 Å². The fourth-order valence-corrected chi connectivity index (χ4v) is 4.88. The molecule has 0 fully saturated rings. The number of nitrogens with zero attached hydrogens (tertiary/aromatic N) is 1. The Balaban J connectivity index is 1.41. The molecule has 0 aromatic heterocycles. The van der Waals surface area contributed by atoms with E-state index in [0.717, 1.165) is 41.5 Å². The summed E-state index contributed by atoms with van der Waals surface area (Å²) in [6.07, 6.45) is 2.56. The number of oxime groups is 1. The number of carbonyl (C=O) groups excluding carboxylic acids is 1. The van der Waals surface area contributed by atoms with Gasteiger partial charge in [-0.05, 0) is 66.8 Å². The Kier molecular flexibility index (Phi) is 8.56. The average molecular weight is 501 g/mol. The molecule has 0 saturated heterocycles. The maximum atomic E-state index is 12.6. The number of nitrogens with two attached hydrogens (primary N) is 1. The van der Waals surface area contributed by atoms with Crippen LogP contribution in [0.15, 0.2) is 84.0 Å². The first-order chi connectivity index (χ1) is 17.9. The van der Waals surface area contributed by atoms with Gasteiger partial charge in [0.2, 0.25) is 0 Å². The Morgan fingerprint density at radius 3 is 2.27 bits per heavy atom. The molecule has 4 rings (SSSR count). The largest absolute Gasteiger partial charge is 0.479 e. The average Bonchev–Trinajstić information content (AvgIpc) is 2.92. The highest BCUT2D eigenvalue weighted by molar-refractivity contribution is 5.90. The summed E-state index contributed by atoms with van der Waals surface area (Å²) < 4.78 is 5.69. The van der Waals surface area contributed by atoms with Gasteiger partial charge in [-0.1, -0.05) is 78.0 Å². The van der Waals surface area contributed by atoms with Crippen molar-refractivity contribution < 1.29 is 24.3 Å². The second-order valence-electron chi connectivity index (χ2n) is 9.28. The van der Waals surface area contributed by atoms with Gasteiger partial charge in [0.05, 0.1) is 5.92 Å². The van der Waals surface area contributed by atoms with Crippen LogP contribution in [-0.2, 0) is 20.8 Å². The van der Waals surface area contributed by atoms with Gasteiger partial charge < -0.3 is 20.4 Å². The van der Waals surface area contributed by atoms with Crippen LogP contribution < -0.4 is 10.5 Å². The van der Waals surface area contributed by atoms with Crippen molar-refractivity contribution in [3.63, 3.8) is 0 Å². The SMILES string of the molecule is CC(Oc1cccc2c1CCCC2CCC(=O)O/N=C(\N)C(c1ccccc1)c1ccccc1)C(=O)O. The fraction of sp³-hybridized carbons (Fsp3) is 0.300. The summed E-state index contributed by atoms with van der Waals surface area (Å²) in [7, 11) is 0. The number of hydrogen-bond donors (Lipinski definition) is 2. The van der Waals surface area contributed by atoms with Crippen molar-refractivity contribution in [3.8, 4) is 5.75 Å². The second-order valence-corrected chi connectivity index (χ2v) is 9.28. The lowest BCUT2D eigenvalue weighted by Gasteiger charge is -2.27. The maximum absolute atomic E-state index is 12.6. The molecule has 7 nitrogen and oxygen atoms in total. The highest BCUT2D eigenvalue weighted by Gasteiger charge is 2.25. The third-order valence-corrected chi connectivity index (χ3v) is 6.75. The molecule has 2 atom stereocenters. The number of ether oxygens (including phenoxy) is 1. The van der Waals surface area contributed by atoms with Crippen LogP contribution in [0.25, 0.3) is 0 Å². The first-order valence-corrected chi connectivity index (χ1v) is 12.6. The van der Waals surface area contributed by atoms with Gasteiger partial charge in [-0.15, -0.1) is 0 Å². The van der Waals surface area contributed by atoms with E-state index < -0.39 is 18.0 Å². The van der Waals surface area contributed by atoms with E-state index in [1.54, 1.807) is 0 Å². The molecule has 0 aliphatic heterocycles. The van der Waals surface area contributed by atoms with Crippen LogP contribution in [-0.4, -0.2) is 29.0 Å². The third kappa shape index (κ3) is 6.55. The molecule has 0 saturated carbocycles. The number of aliphatic carboxylic acids is 1. The van der Waals surface area contributed by atoms with E-state index in [1.165, 1.54) is 6.92 Å². The Bertz CT molecular complexity index is 1200. The van der Waals surface area contributed by atoms with Gasteiger partial charge in [0.15, 0.2) is 11.9 Å². The van der Waals surface area contributed by atoms with Crippen LogP contribution in [0.1, 0.15) is 66.7 Å². The molecule has 1 aliphatic rings. The summed E-state index contributed by atoms with van der Waals surface area (Å²) in [5.41, 5.74) is 10.4. The molecule has 37 heavy (non-hydrogen) atoms. The number of fused-ring (bicyclic) bond motifs is 1. The van der Waals surface area contributed by atoms with Gasteiger partial charge in [0, 0.05) is 6.42 Å². The van der Waals surface area contributed by atoms with Crippen LogP contribution in [0.3, 0.4) is 0 Å². The van der Waals surface area contributed by atoms with Gasteiger partial charge in [-0.3, -0.25) is 0 Å². The molecule has 0 amide bonds. The second kappa shape index (κ2) is 12.2. The Labute approximate surface area is 216 Å². The molecule has 2 unspecified atom stereocenters. The summed E-state index contributed by atoms with van der Waals surface area (Å²) in [5.74, 6) is -0.807. The molecule has 3 aromatic rings. The molecule has 0 bridgehead atoms. The predicted octanol–water partition coefficient (Wildman–Crippen LogP) is 5.39. The molecule has 0 spiro atoms. The minimum absolute atomic E-state index is 0.155. The smallest absolute Gasteiger partial charge is 0.344 e. The van der Waals surface area contributed by atoms with E-state index >= 15 is 0 Å². The quantitative estimate of drug-likeness (QED) is 0.167. The molecule has 3 N–H and O–H groups in total. The van der Waals surface area contributed by atoms with Crippen LogP contribution in [0.5, 0.6) is 5.75 Å². The highest BCUT2D eigenvalue weighted by Crippen LogP contribution is 2.39. The number of hydrogen-bond acceptors (Lipinski definition) is 5. The van der Waals surface area contributed by atoms with Crippen molar-refractivity contribution in [2.45, 2.75) is 57.0 Å². The van der Waals surface area contributed by atoms with Crippen LogP contribution >= 0.6 is 0 Å². The Hall–Kier alpha value is -4.13. The molecule has 3 aromatic carbocycles. The van der Waals surface area contributed by atoms with Gasteiger partial charge in [0.1, 0.15) is 5.75 Å². The number of benzene rings is 3. The molecular weight excluding hydrogens is 468 g/mol. The van der Waals surface area contributed by atoms with Crippen molar-refractivity contribution >= 4 is 17.8 Å². The molecular formula is C30H32N2O5. The highest BCUT2D eigenvalue weighted by atomic mass is 16.7. The maximum Gasteiger partial charge on any atom is 0.344 e. The zero-order chi connectivity index (χ0) is 26.2. The van der Waals surface area contributed by atoms with Crippen LogP contribution in [0.2, 0.25) is 0 Å². The minimum atomic E-state index is -1.01. The van der Waals surface area contributed by atoms with E-state index in [9.17, 15) is 14.7 Å². The lowest BCUT2D eigenvalue weighted by molar-refractivity contribution is -0.145. The molecule has 7 heteroatoms. The molecule has 0 heterocycles. The number of carboxylic acid groups (broad SMARTS) is 1. The zero-order valence-corrected chi connectivity index (χ0v) is 20.9. The number of amidine groups is 1. The van der Waals surface area contributed by atoms with Crippen molar-refractivity contribution in [1.29, 1.82) is 0 Å². The summed E-state index contributed by atoms with van der Waals surface area (Å²) in [6.45, 7) is 1.52. The lowest BCUT2D eigenvalue weighted by atomic mass is 9.80.